The van der Waals surface area contributed by atoms with Crippen LogP contribution >= 0.6 is 0 Å². The first-order valence-corrected chi connectivity index (χ1v) is 15.3. The van der Waals surface area contributed by atoms with Gasteiger partial charge in [0.1, 0.15) is 6.04 Å². The van der Waals surface area contributed by atoms with E-state index in [1.165, 1.54) is 145 Å². The van der Waals surface area contributed by atoms with Gasteiger partial charge in [0, 0.05) is 5.56 Å². The third-order valence-electron chi connectivity index (χ3n) is 7.83. The van der Waals surface area contributed by atoms with Crippen LogP contribution in [0.5, 0.6) is 0 Å². The highest BCUT2D eigenvalue weighted by molar-refractivity contribution is 5.20. The monoisotopic (exact) mass is 470 g/mol. The molecular weight excluding hydrogens is 410 g/mol. The van der Waals surface area contributed by atoms with E-state index in [4.69, 9.17) is 0 Å². The average molecular weight is 471 g/mol. The molecule has 0 heterocycles. The van der Waals surface area contributed by atoms with Gasteiger partial charge in [0.05, 0.1) is 19.6 Å². The molecule has 0 spiro atoms. The fraction of sp³-hybridized carbons (Fsp3) is 0.758. The van der Waals surface area contributed by atoms with Crippen LogP contribution in [0.3, 0.4) is 0 Å². The molecule has 0 bridgehead atoms. The Morgan fingerprint density at radius 2 is 0.912 bits per heavy atom. The van der Waals surface area contributed by atoms with E-state index >= 15 is 0 Å². The summed E-state index contributed by atoms with van der Waals surface area (Å²) in [4.78, 5) is 0. The summed E-state index contributed by atoms with van der Waals surface area (Å²) >= 11 is 0. The second-order valence-electron chi connectivity index (χ2n) is 10.8. The summed E-state index contributed by atoms with van der Waals surface area (Å²) in [6, 6.07) is 11.7. The molecule has 0 saturated heterocycles. The molecule has 196 valence electrons. The SMILES string of the molecule is C=CC(c1ccccc1)[N+](CCCCCCCC)(CCCCCCCC)CCCCCCCC. The second kappa shape index (κ2) is 21.2. The zero-order valence-corrected chi connectivity index (χ0v) is 23.5. The van der Waals surface area contributed by atoms with Crippen molar-refractivity contribution in [2.75, 3.05) is 19.6 Å². The van der Waals surface area contributed by atoms with Crippen molar-refractivity contribution in [3.05, 3.63) is 48.6 Å². The second-order valence-corrected chi connectivity index (χ2v) is 10.8. The van der Waals surface area contributed by atoms with Gasteiger partial charge in [-0.25, -0.2) is 0 Å². The topological polar surface area (TPSA) is 0 Å². The van der Waals surface area contributed by atoms with Crippen molar-refractivity contribution in [3.8, 4) is 0 Å². The van der Waals surface area contributed by atoms with Gasteiger partial charge in [0.15, 0.2) is 0 Å². The fourth-order valence-electron chi connectivity index (χ4n) is 5.70. The molecule has 0 N–H and O–H groups in total. The standard InChI is InChI=1S/C33H60N/c1-5-9-12-15-18-24-29-34(30-25-19-16-13-10-6-2,31-26-20-17-14-11-7-3)33(8-4)32-27-22-21-23-28-32/h8,21-23,27-28,33H,4-7,9-20,24-26,29-31H2,1-3H3/q+1. The Morgan fingerprint density at radius 3 is 1.26 bits per heavy atom. The van der Waals surface area contributed by atoms with E-state index < -0.39 is 0 Å². The summed E-state index contributed by atoms with van der Waals surface area (Å²) < 4.78 is 1.24. The fourth-order valence-corrected chi connectivity index (χ4v) is 5.70. The van der Waals surface area contributed by atoms with Crippen LogP contribution in [0.1, 0.15) is 148 Å². The van der Waals surface area contributed by atoms with Gasteiger partial charge in [-0.2, -0.15) is 0 Å². The average Bonchev–Trinajstić information content (AvgIpc) is 2.86. The molecule has 1 unspecified atom stereocenters. The van der Waals surface area contributed by atoms with Crippen LogP contribution in [0.25, 0.3) is 0 Å². The van der Waals surface area contributed by atoms with Gasteiger partial charge in [-0.05, 0) is 44.6 Å². The van der Waals surface area contributed by atoms with Crippen molar-refractivity contribution in [3.63, 3.8) is 0 Å². The van der Waals surface area contributed by atoms with Gasteiger partial charge in [-0.1, -0.05) is 135 Å². The number of hydrogen-bond acceptors (Lipinski definition) is 0. The minimum absolute atomic E-state index is 0.433. The minimum atomic E-state index is 0.433. The van der Waals surface area contributed by atoms with Crippen molar-refractivity contribution >= 4 is 0 Å². The van der Waals surface area contributed by atoms with E-state index in [9.17, 15) is 0 Å². The summed E-state index contributed by atoms with van der Waals surface area (Å²) in [6.45, 7) is 15.3. The third kappa shape index (κ3) is 13.1. The third-order valence-corrected chi connectivity index (χ3v) is 7.83. The number of unbranched alkanes of at least 4 members (excludes halogenated alkanes) is 15. The summed E-state index contributed by atoms with van der Waals surface area (Å²) in [5.74, 6) is 0. The molecular formula is C33H60N+. The normalized spacial score (nSPS) is 12.7. The Kier molecular flexibility index (Phi) is 19.3. The first-order chi connectivity index (χ1) is 16.7. The predicted molar refractivity (Wildman–Crippen MR) is 154 cm³/mol. The first kappa shape index (κ1) is 31.0. The lowest BCUT2D eigenvalue weighted by atomic mass is 9.98. The lowest BCUT2D eigenvalue weighted by molar-refractivity contribution is -0.951. The predicted octanol–water partition coefficient (Wildman–Crippen LogP) is 10.8. The van der Waals surface area contributed by atoms with Crippen LogP contribution in [-0.4, -0.2) is 24.1 Å². The van der Waals surface area contributed by atoms with E-state index in [1.54, 1.807) is 0 Å². The van der Waals surface area contributed by atoms with Gasteiger partial charge in [-0.3, -0.25) is 0 Å². The van der Waals surface area contributed by atoms with Crippen LogP contribution < -0.4 is 0 Å². The zero-order valence-electron chi connectivity index (χ0n) is 23.5. The maximum atomic E-state index is 4.39. The molecule has 1 nitrogen and oxygen atoms in total. The first-order valence-electron chi connectivity index (χ1n) is 15.3. The lowest BCUT2D eigenvalue weighted by Crippen LogP contribution is -2.52. The van der Waals surface area contributed by atoms with Gasteiger partial charge in [0.25, 0.3) is 0 Å². The smallest absolute Gasteiger partial charge is 0.133 e. The maximum absolute atomic E-state index is 4.39. The number of nitrogens with zero attached hydrogens (tertiary/aromatic N) is 1. The van der Waals surface area contributed by atoms with Crippen molar-refractivity contribution in [2.45, 2.75) is 142 Å². The molecule has 0 aliphatic carbocycles. The molecule has 0 fully saturated rings. The molecule has 1 atom stereocenters. The van der Waals surface area contributed by atoms with Crippen LogP contribution in [0.4, 0.5) is 0 Å². The number of hydrogen-bond donors (Lipinski definition) is 0. The van der Waals surface area contributed by atoms with Crippen LogP contribution in [-0.2, 0) is 0 Å². The molecule has 0 aliphatic rings. The van der Waals surface area contributed by atoms with Crippen molar-refractivity contribution in [1.29, 1.82) is 0 Å². The van der Waals surface area contributed by atoms with Crippen molar-refractivity contribution < 1.29 is 4.48 Å². The summed E-state index contributed by atoms with van der Waals surface area (Å²) in [5, 5.41) is 0. The molecule has 0 radical (unpaired) electrons. The summed E-state index contributed by atoms with van der Waals surface area (Å²) in [6.07, 6.45) is 27.2. The molecule has 1 rings (SSSR count). The number of quaternary nitrogens is 1. The van der Waals surface area contributed by atoms with Crippen LogP contribution in [0.15, 0.2) is 43.0 Å². The molecule has 34 heavy (non-hydrogen) atoms. The zero-order chi connectivity index (χ0) is 24.7. The Bertz CT molecular complexity index is 522. The molecule has 1 aromatic rings. The highest BCUT2D eigenvalue weighted by atomic mass is 15.4. The largest absolute Gasteiger partial charge is 0.314 e. The van der Waals surface area contributed by atoms with E-state index in [-0.39, 0.29) is 0 Å². The summed E-state index contributed by atoms with van der Waals surface area (Å²) in [5.41, 5.74) is 1.47. The highest BCUT2D eigenvalue weighted by Crippen LogP contribution is 2.33. The van der Waals surface area contributed by atoms with Crippen LogP contribution in [0.2, 0.25) is 0 Å². The van der Waals surface area contributed by atoms with Crippen molar-refractivity contribution in [2.24, 2.45) is 0 Å². The van der Waals surface area contributed by atoms with E-state index in [0.29, 0.717) is 6.04 Å². The molecule has 1 heteroatoms. The van der Waals surface area contributed by atoms with E-state index in [2.05, 4.69) is 63.8 Å². The molecule has 0 aromatic heterocycles. The van der Waals surface area contributed by atoms with E-state index in [1.807, 2.05) is 0 Å². The Hall–Kier alpha value is -1.08. The van der Waals surface area contributed by atoms with Crippen molar-refractivity contribution in [1.82, 2.24) is 0 Å². The van der Waals surface area contributed by atoms with Crippen LogP contribution in [0, 0.1) is 0 Å². The minimum Gasteiger partial charge on any atom is -0.314 e. The number of benzene rings is 1. The Labute approximate surface area is 215 Å². The summed E-state index contributed by atoms with van der Waals surface area (Å²) in [7, 11) is 0. The van der Waals surface area contributed by atoms with E-state index in [0.717, 1.165) is 0 Å². The molecule has 0 aliphatic heterocycles. The maximum Gasteiger partial charge on any atom is 0.133 e. The molecule has 0 saturated carbocycles. The van der Waals surface area contributed by atoms with Gasteiger partial charge in [-0.15, -0.1) is 0 Å². The highest BCUT2D eigenvalue weighted by Gasteiger charge is 2.35. The van der Waals surface area contributed by atoms with Gasteiger partial charge < -0.3 is 4.48 Å². The Balaban J connectivity index is 2.93. The Morgan fingerprint density at radius 1 is 0.559 bits per heavy atom. The lowest BCUT2D eigenvalue weighted by Gasteiger charge is -2.45. The van der Waals surface area contributed by atoms with Gasteiger partial charge >= 0.3 is 0 Å². The molecule has 0 amide bonds. The molecule has 1 aromatic carbocycles. The quantitative estimate of drug-likeness (QED) is 0.0800. The number of rotatable bonds is 24. The van der Waals surface area contributed by atoms with Gasteiger partial charge in [0.2, 0.25) is 0 Å².